The molecule has 0 saturated heterocycles. The number of benzene rings is 1. The molecule has 0 bridgehead atoms. The molecular weight excluding hydrogens is 426 g/mol. The molecular formula is C23H25N5O3S. The minimum atomic E-state index is -0.423. The van der Waals surface area contributed by atoms with Crippen LogP contribution in [-0.2, 0) is 4.79 Å². The van der Waals surface area contributed by atoms with Crippen LogP contribution in [0.1, 0.15) is 36.7 Å². The molecule has 8 nitrogen and oxygen atoms in total. The second-order valence-electron chi connectivity index (χ2n) is 7.46. The number of nitrogens with zero attached hydrogens (tertiary/aromatic N) is 4. The van der Waals surface area contributed by atoms with Crippen molar-refractivity contribution in [3.63, 3.8) is 0 Å². The molecule has 1 aromatic carbocycles. The molecule has 1 amide bonds. The van der Waals surface area contributed by atoms with Crippen molar-refractivity contribution in [1.82, 2.24) is 9.58 Å². The maximum atomic E-state index is 12.7. The predicted molar refractivity (Wildman–Crippen MR) is 128 cm³/mol. The van der Waals surface area contributed by atoms with E-state index in [1.165, 1.54) is 16.8 Å². The largest absolute Gasteiger partial charge is 0.497 e. The summed E-state index contributed by atoms with van der Waals surface area (Å²) in [4.78, 5) is 16.9. The average Bonchev–Trinajstić information content (AvgIpc) is 3.30. The molecule has 4 rings (SSSR count). The molecule has 0 fully saturated rings. The first-order valence-electron chi connectivity index (χ1n) is 10.3. The summed E-state index contributed by atoms with van der Waals surface area (Å²) in [7, 11) is 3.23. The predicted octanol–water partition coefficient (Wildman–Crippen LogP) is 4.53. The number of aryl methyl sites for hydroxylation is 1. The lowest BCUT2D eigenvalue weighted by Gasteiger charge is -2.20. The van der Waals surface area contributed by atoms with Crippen molar-refractivity contribution < 1.29 is 14.3 Å². The molecule has 3 heterocycles. The van der Waals surface area contributed by atoms with Crippen LogP contribution in [-0.4, -0.2) is 45.7 Å². The van der Waals surface area contributed by atoms with E-state index in [2.05, 4.69) is 21.6 Å². The molecule has 0 unspecified atom stereocenters. The highest BCUT2D eigenvalue weighted by molar-refractivity contribution is 8.26. The van der Waals surface area contributed by atoms with E-state index in [9.17, 15) is 4.79 Å². The highest BCUT2D eigenvalue weighted by Gasteiger charge is 2.35. The van der Waals surface area contributed by atoms with E-state index in [-0.39, 0.29) is 11.4 Å². The number of ether oxygens (including phenoxy) is 2. The topological polar surface area (TPSA) is 92.3 Å². The summed E-state index contributed by atoms with van der Waals surface area (Å²) in [5.41, 5.74) is 3.80. The molecule has 166 valence electrons. The van der Waals surface area contributed by atoms with Gasteiger partial charge in [-0.2, -0.15) is 15.1 Å². The molecule has 32 heavy (non-hydrogen) atoms. The minimum Gasteiger partial charge on any atom is -0.497 e. The first-order chi connectivity index (χ1) is 15.4. The third kappa shape index (κ3) is 3.73. The molecule has 2 aromatic rings. The smallest absolute Gasteiger partial charge is 0.283 e. The molecule has 1 N–H and O–H groups in total. The van der Waals surface area contributed by atoms with Gasteiger partial charge in [0, 0.05) is 17.5 Å². The Balaban J connectivity index is 1.74. The second-order valence-corrected chi connectivity index (χ2v) is 8.50. The number of nitrogens with one attached hydrogen (secondary N) is 1. The summed E-state index contributed by atoms with van der Waals surface area (Å²) >= 11 is 1.36. The summed E-state index contributed by atoms with van der Waals surface area (Å²) in [6, 6.07) is 7.63. The zero-order valence-electron chi connectivity index (χ0n) is 18.7. The number of carbonyl (C=O) groups is 1. The van der Waals surface area contributed by atoms with E-state index in [4.69, 9.17) is 14.9 Å². The summed E-state index contributed by atoms with van der Waals surface area (Å²) in [5, 5.41) is 15.8. The number of hydrazone groups is 1. The summed E-state index contributed by atoms with van der Waals surface area (Å²) in [6.45, 7) is 6.02. The molecule has 2 aliphatic heterocycles. The Labute approximate surface area is 191 Å². The van der Waals surface area contributed by atoms with Crippen LogP contribution in [0.3, 0.4) is 0 Å². The van der Waals surface area contributed by atoms with Crippen molar-refractivity contribution >= 4 is 39.8 Å². The van der Waals surface area contributed by atoms with Crippen molar-refractivity contribution in [2.75, 3.05) is 14.2 Å². The molecule has 0 atom stereocenters. The highest BCUT2D eigenvalue weighted by Crippen LogP contribution is 2.33. The van der Waals surface area contributed by atoms with E-state index < -0.39 is 5.91 Å². The fourth-order valence-corrected chi connectivity index (χ4v) is 4.76. The van der Waals surface area contributed by atoms with Gasteiger partial charge in [-0.1, -0.05) is 6.92 Å². The lowest BCUT2D eigenvalue weighted by molar-refractivity contribution is -0.114. The van der Waals surface area contributed by atoms with Crippen molar-refractivity contribution in [3.05, 3.63) is 46.8 Å². The van der Waals surface area contributed by atoms with Gasteiger partial charge in [0.05, 0.1) is 25.5 Å². The van der Waals surface area contributed by atoms with E-state index >= 15 is 0 Å². The SMILES string of the molecule is CCCC1=NN2C(=N)/C(=C\c3cc(C)n(-c4ccc(OC)cc4OC)c3C)C(=O)N=C2S1. The molecule has 0 aliphatic carbocycles. The molecule has 9 heteroatoms. The lowest BCUT2D eigenvalue weighted by Crippen LogP contribution is -2.35. The second kappa shape index (κ2) is 8.66. The maximum absolute atomic E-state index is 12.7. The van der Waals surface area contributed by atoms with Crippen LogP contribution in [0.25, 0.3) is 11.8 Å². The summed E-state index contributed by atoms with van der Waals surface area (Å²) in [5.74, 6) is 1.00. The first-order valence-corrected chi connectivity index (χ1v) is 11.1. The Morgan fingerprint density at radius 3 is 2.66 bits per heavy atom. The Hall–Kier alpha value is -3.33. The zero-order valence-corrected chi connectivity index (χ0v) is 19.5. The standard InChI is InChI=1S/C23H25N5O3S/c1-6-7-20-26-28-21(24)17(22(29)25-23(28)32-20)11-15-10-13(2)27(14(15)3)18-9-8-16(30-4)12-19(18)31-5/h8-12,24H,6-7H2,1-5H3/b17-11+,24-21?. The van der Waals surface area contributed by atoms with Crippen LogP contribution in [0.2, 0.25) is 0 Å². The number of methoxy groups -OCH3 is 2. The molecule has 0 spiro atoms. The van der Waals surface area contributed by atoms with E-state index in [1.54, 1.807) is 20.3 Å². The van der Waals surface area contributed by atoms with E-state index in [0.29, 0.717) is 16.7 Å². The molecule has 2 aliphatic rings. The fourth-order valence-electron chi connectivity index (χ4n) is 3.78. The van der Waals surface area contributed by atoms with Crippen molar-refractivity contribution in [1.29, 1.82) is 5.41 Å². The van der Waals surface area contributed by atoms with Crippen molar-refractivity contribution in [2.45, 2.75) is 33.6 Å². The van der Waals surface area contributed by atoms with Crippen molar-refractivity contribution in [3.8, 4) is 17.2 Å². The van der Waals surface area contributed by atoms with Gasteiger partial charge in [0.25, 0.3) is 5.91 Å². The van der Waals surface area contributed by atoms with Gasteiger partial charge in [0.2, 0.25) is 5.17 Å². The number of amides is 1. The van der Waals surface area contributed by atoms with Crippen LogP contribution in [0.15, 0.2) is 39.9 Å². The summed E-state index contributed by atoms with van der Waals surface area (Å²) < 4.78 is 12.9. The van der Waals surface area contributed by atoms with Crippen molar-refractivity contribution in [2.24, 2.45) is 10.1 Å². The van der Waals surface area contributed by atoms with Gasteiger partial charge in [-0.05, 0) is 68.3 Å². The fraction of sp³-hybridized carbons (Fsp3) is 0.304. The lowest BCUT2D eigenvalue weighted by atomic mass is 10.1. The molecule has 0 radical (unpaired) electrons. The van der Waals surface area contributed by atoms with Gasteiger partial charge in [-0.3, -0.25) is 10.2 Å². The number of aromatic nitrogens is 1. The van der Waals surface area contributed by atoms with Gasteiger partial charge >= 0.3 is 0 Å². The van der Waals surface area contributed by atoms with Crippen LogP contribution in [0.5, 0.6) is 11.5 Å². The number of aliphatic imine (C=N–C) groups is 1. The number of amidine groups is 2. The Morgan fingerprint density at radius 1 is 1.19 bits per heavy atom. The van der Waals surface area contributed by atoms with Crippen LogP contribution >= 0.6 is 11.8 Å². The Bertz CT molecular complexity index is 1210. The van der Waals surface area contributed by atoms with E-state index in [0.717, 1.165) is 40.5 Å². The van der Waals surface area contributed by atoms with Gasteiger partial charge in [0.15, 0.2) is 5.84 Å². The van der Waals surface area contributed by atoms with Gasteiger partial charge in [-0.15, -0.1) is 0 Å². The third-order valence-electron chi connectivity index (χ3n) is 5.36. The quantitative estimate of drug-likeness (QED) is 0.652. The van der Waals surface area contributed by atoms with Gasteiger partial charge < -0.3 is 14.0 Å². The maximum Gasteiger partial charge on any atom is 0.283 e. The first kappa shape index (κ1) is 21.9. The minimum absolute atomic E-state index is 0.0467. The van der Waals surface area contributed by atoms with Crippen LogP contribution in [0, 0.1) is 19.3 Å². The van der Waals surface area contributed by atoms with E-state index in [1.807, 2.05) is 38.1 Å². The number of carbonyl (C=O) groups excluding carboxylic acids is 1. The Morgan fingerprint density at radius 2 is 1.97 bits per heavy atom. The number of thioether (sulfide) groups is 1. The van der Waals surface area contributed by atoms with Crippen LogP contribution in [0.4, 0.5) is 0 Å². The normalized spacial score (nSPS) is 16.9. The van der Waals surface area contributed by atoms with Crippen LogP contribution < -0.4 is 9.47 Å². The van der Waals surface area contributed by atoms with Gasteiger partial charge in [0.1, 0.15) is 16.5 Å². The van der Waals surface area contributed by atoms with Gasteiger partial charge in [-0.25, -0.2) is 0 Å². The molecule has 0 saturated carbocycles. The Kier molecular flexibility index (Phi) is 5.92. The average molecular weight is 452 g/mol. The highest BCUT2D eigenvalue weighted by atomic mass is 32.2. The molecule has 1 aromatic heterocycles. The zero-order chi connectivity index (χ0) is 23.0. The number of fused-ring (bicyclic) bond motifs is 1. The monoisotopic (exact) mass is 451 g/mol. The number of hydrogen-bond acceptors (Lipinski definition) is 6. The number of hydrogen-bond donors (Lipinski definition) is 1. The summed E-state index contributed by atoms with van der Waals surface area (Å²) in [6.07, 6.45) is 3.46. The number of rotatable bonds is 6. The third-order valence-corrected chi connectivity index (χ3v) is 6.33.